The first-order valence-corrected chi connectivity index (χ1v) is 10.3. The summed E-state index contributed by atoms with van der Waals surface area (Å²) in [6.07, 6.45) is 1.74. The van der Waals surface area contributed by atoms with Gasteiger partial charge in [-0.1, -0.05) is 12.1 Å². The smallest absolute Gasteiger partial charge is 0.412 e. The van der Waals surface area contributed by atoms with Crippen molar-refractivity contribution in [1.29, 1.82) is 0 Å². The normalized spacial score (nSPS) is 17.0. The average Bonchev–Trinajstić information content (AvgIpc) is 2.61. The largest absolute Gasteiger partial charge is 0.415 e. The van der Waals surface area contributed by atoms with Crippen LogP contribution in [-0.2, 0) is 19.5 Å². The second-order valence-corrected chi connectivity index (χ2v) is 9.16. The zero-order valence-corrected chi connectivity index (χ0v) is 16.6. The van der Waals surface area contributed by atoms with Gasteiger partial charge in [0.05, 0.1) is 10.5 Å². The predicted octanol–water partition coefficient (Wildman–Crippen LogP) is 3.03. The van der Waals surface area contributed by atoms with Crippen LogP contribution in [0.25, 0.3) is 0 Å². The molecule has 26 heavy (non-hydrogen) atoms. The topological polar surface area (TPSA) is 84.9 Å². The van der Waals surface area contributed by atoms with E-state index in [-0.39, 0.29) is 4.90 Å². The summed E-state index contributed by atoms with van der Waals surface area (Å²) in [5.74, 6) is 0. The molecule has 0 spiro atoms. The molecule has 0 aliphatic carbocycles. The molecule has 0 radical (unpaired) electrons. The third-order valence-corrected chi connectivity index (χ3v) is 5.44. The standard InChI is InChI=1S/C18H28N2O5S/c1-18(2,3)25-16(24-17(21)20-12-6-5-7-13-20)14-8-10-15(11-9-14)26(22,23)19-4/h8-11,16,19H,5-7,12-13H2,1-4H3. The molecule has 1 aromatic carbocycles. The molecule has 1 atom stereocenters. The highest BCUT2D eigenvalue weighted by Crippen LogP contribution is 2.27. The van der Waals surface area contributed by atoms with Gasteiger partial charge in [0.25, 0.3) is 0 Å². The molecule has 0 saturated carbocycles. The van der Waals surface area contributed by atoms with Gasteiger partial charge in [0.15, 0.2) is 0 Å². The molecule has 1 aromatic rings. The van der Waals surface area contributed by atoms with Crippen LogP contribution in [0.15, 0.2) is 29.2 Å². The molecule has 8 heteroatoms. The van der Waals surface area contributed by atoms with Gasteiger partial charge in [-0.3, -0.25) is 0 Å². The van der Waals surface area contributed by atoms with Crippen molar-refractivity contribution in [2.75, 3.05) is 20.1 Å². The minimum atomic E-state index is -3.52. The van der Waals surface area contributed by atoms with Crippen molar-refractivity contribution in [2.24, 2.45) is 0 Å². The van der Waals surface area contributed by atoms with Gasteiger partial charge in [0, 0.05) is 18.7 Å². The van der Waals surface area contributed by atoms with Crippen LogP contribution in [-0.4, -0.2) is 45.1 Å². The van der Waals surface area contributed by atoms with Gasteiger partial charge in [0.2, 0.25) is 16.3 Å². The van der Waals surface area contributed by atoms with Gasteiger partial charge in [-0.15, -0.1) is 0 Å². The van der Waals surface area contributed by atoms with Crippen LogP contribution in [0.2, 0.25) is 0 Å². The number of hydrogen-bond donors (Lipinski definition) is 1. The Bertz CT molecular complexity index is 704. The summed E-state index contributed by atoms with van der Waals surface area (Å²) >= 11 is 0. The van der Waals surface area contributed by atoms with E-state index < -0.39 is 28.0 Å². The molecule has 1 saturated heterocycles. The Kier molecular flexibility index (Phi) is 6.65. The zero-order valence-electron chi connectivity index (χ0n) is 15.8. The molecule has 1 N–H and O–H groups in total. The molecule has 1 amide bonds. The van der Waals surface area contributed by atoms with Gasteiger partial charge in [-0.05, 0) is 59.2 Å². The summed E-state index contributed by atoms with van der Waals surface area (Å²) in [4.78, 5) is 14.3. The zero-order chi connectivity index (χ0) is 19.4. The van der Waals surface area contributed by atoms with Gasteiger partial charge in [-0.2, -0.15) is 0 Å². The molecule has 2 rings (SSSR count). The van der Waals surface area contributed by atoms with E-state index in [2.05, 4.69) is 4.72 Å². The Labute approximate surface area is 155 Å². The fraction of sp³-hybridized carbons (Fsp3) is 0.611. The van der Waals surface area contributed by atoms with Crippen molar-refractivity contribution in [3.8, 4) is 0 Å². The summed E-state index contributed by atoms with van der Waals surface area (Å²) in [7, 11) is -2.17. The van der Waals surface area contributed by atoms with Gasteiger partial charge in [0.1, 0.15) is 0 Å². The van der Waals surface area contributed by atoms with Crippen molar-refractivity contribution in [3.05, 3.63) is 29.8 Å². The minimum Gasteiger partial charge on any atom is -0.415 e. The SMILES string of the molecule is CNS(=O)(=O)c1ccc(C(OC(=O)N2CCCCC2)OC(C)(C)C)cc1. The van der Waals surface area contributed by atoms with Gasteiger partial charge < -0.3 is 14.4 Å². The number of carbonyl (C=O) groups is 1. The Morgan fingerprint density at radius 1 is 1.12 bits per heavy atom. The van der Waals surface area contributed by atoms with Crippen molar-refractivity contribution in [1.82, 2.24) is 9.62 Å². The third kappa shape index (κ3) is 5.69. The van der Waals surface area contributed by atoms with E-state index in [4.69, 9.17) is 9.47 Å². The maximum Gasteiger partial charge on any atom is 0.412 e. The van der Waals surface area contributed by atoms with Gasteiger partial charge >= 0.3 is 6.09 Å². The number of nitrogens with one attached hydrogen (secondary N) is 1. The number of amides is 1. The number of hydrogen-bond acceptors (Lipinski definition) is 5. The van der Waals surface area contributed by atoms with E-state index in [1.54, 1.807) is 17.0 Å². The van der Waals surface area contributed by atoms with Crippen LogP contribution < -0.4 is 4.72 Å². The Morgan fingerprint density at radius 2 is 1.69 bits per heavy atom. The van der Waals surface area contributed by atoms with Crippen LogP contribution >= 0.6 is 0 Å². The fourth-order valence-electron chi connectivity index (χ4n) is 2.65. The summed E-state index contributed by atoms with van der Waals surface area (Å²) in [5, 5.41) is 0. The first-order chi connectivity index (χ1) is 12.1. The third-order valence-electron chi connectivity index (χ3n) is 4.01. The lowest BCUT2D eigenvalue weighted by atomic mass is 10.1. The lowest BCUT2D eigenvalue weighted by molar-refractivity contribution is -0.175. The van der Waals surface area contributed by atoms with E-state index in [9.17, 15) is 13.2 Å². The molecule has 1 fully saturated rings. The van der Waals surface area contributed by atoms with Crippen LogP contribution in [0.3, 0.4) is 0 Å². The predicted molar refractivity (Wildman–Crippen MR) is 98.2 cm³/mol. The second-order valence-electron chi connectivity index (χ2n) is 7.27. The molecule has 7 nitrogen and oxygen atoms in total. The Morgan fingerprint density at radius 3 is 2.19 bits per heavy atom. The van der Waals surface area contributed by atoms with Crippen LogP contribution in [0.5, 0.6) is 0 Å². The Hall–Kier alpha value is -1.64. The number of nitrogens with zero attached hydrogens (tertiary/aromatic N) is 1. The first kappa shape index (κ1) is 20.7. The lowest BCUT2D eigenvalue weighted by Gasteiger charge is -2.31. The number of likely N-dealkylation sites (tertiary alicyclic amines) is 1. The van der Waals surface area contributed by atoms with Crippen LogP contribution in [0.4, 0.5) is 4.79 Å². The Balaban J connectivity index is 2.19. The maximum atomic E-state index is 12.5. The molecule has 1 aliphatic heterocycles. The van der Waals surface area contributed by atoms with Crippen molar-refractivity contribution in [3.63, 3.8) is 0 Å². The van der Waals surface area contributed by atoms with E-state index in [0.29, 0.717) is 18.7 Å². The number of rotatable bonds is 5. The lowest BCUT2D eigenvalue weighted by Crippen LogP contribution is -2.38. The molecule has 1 aliphatic rings. The summed E-state index contributed by atoms with van der Waals surface area (Å²) in [6.45, 7) is 6.97. The van der Waals surface area contributed by atoms with E-state index >= 15 is 0 Å². The summed E-state index contributed by atoms with van der Waals surface area (Å²) in [5.41, 5.74) is 0.0445. The monoisotopic (exact) mass is 384 g/mol. The molecule has 1 unspecified atom stereocenters. The van der Waals surface area contributed by atoms with Crippen molar-refractivity contribution >= 4 is 16.1 Å². The molecule has 1 heterocycles. The van der Waals surface area contributed by atoms with Crippen molar-refractivity contribution in [2.45, 2.75) is 56.8 Å². The average molecular weight is 384 g/mol. The molecular weight excluding hydrogens is 356 g/mol. The molecule has 0 bridgehead atoms. The number of sulfonamides is 1. The molecular formula is C18H28N2O5S. The summed E-state index contributed by atoms with van der Waals surface area (Å²) in [6, 6.07) is 6.14. The number of benzene rings is 1. The molecule has 0 aromatic heterocycles. The van der Waals surface area contributed by atoms with E-state index in [1.165, 1.54) is 19.2 Å². The van der Waals surface area contributed by atoms with Crippen LogP contribution in [0, 0.1) is 0 Å². The van der Waals surface area contributed by atoms with Crippen molar-refractivity contribution < 1.29 is 22.7 Å². The highest BCUT2D eigenvalue weighted by molar-refractivity contribution is 7.89. The quantitative estimate of drug-likeness (QED) is 0.789. The number of ether oxygens (including phenoxy) is 2. The van der Waals surface area contributed by atoms with E-state index in [1.807, 2.05) is 20.8 Å². The second kappa shape index (κ2) is 8.37. The fourth-order valence-corrected chi connectivity index (χ4v) is 3.38. The number of carbonyl (C=O) groups excluding carboxylic acids is 1. The molecule has 146 valence electrons. The maximum absolute atomic E-state index is 12.5. The highest BCUT2D eigenvalue weighted by Gasteiger charge is 2.27. The highest BCUT2D eigenvalue weighted by atomic mass is 32.2. The van der Waals surface area contributed by atoms with Gasteiger partial charge in [-0.25, -0.2) is 17.9 Å². The minimum absolute atomic E-state index is 0.139. The van der Waals surface area contributed by atoms with Crippen LogP contribution in [0.1, 0.15) is 51.9 Å². The van der Waals surface area contributed by atoms with E-state index in [0.717, 1.165) is 19.3 Å². The number of piperidine rings is 1. The summed E-state index contributed by atoms with van der Waals surface area (Å²) < 4.78 is 37.5. The first-order valence-electron chi connectivity index (χ1n) is 8.79.